The minimum absolute atomic E-state index is 0. The largest absolute Gasteiger partial charge is 1.00 e. The van der Waals surface area contributed by atoms with Crippen molar-refractivity contribution in [1.29, 1.82) is 0 Å². The SMILES string of the molecule is CC(C)O.C[N-]C.[Cu+]. The first-order valence-corrected chi connectivity index (χ1v) is 2.31. The fourth-order valence-electron chi connectivity index (χ4n) is 0. The Morgan fingerprint density at radius 1 is 1.25 bits per heavy atom. The first-order valence-electron chi connectivity index (χ1n) is 2.31. The van der Waals surface area contributed by atoms with Crippen molar-refractivity contribution in [3.8, 4) is 0 Å². The van der Waals surface area contributed by atoms with E-state index in [1.54, 1.807) is 27.9 Å². The first-order chi connectivity index (χ1) is 3.15. The maximum atomic E-state index is 8.06. The van der Waals surface area contributed by atoms with Crippen molar-refractivity contribution in [2.45, 2.75) is 20.0 Å². The minimum atomic E-state index is -0.167. The quantitative estimate of drug-likeness (QED) is 0.537. The molecule has 0 saturated carbocycles. The molecule has 0 heterocycles. The molecule has 8 heavy (non-hydrogen) atoms. The summed E-state index contributed by atoms with van der Waals surface area (Å²) in [4.78, 5) is 0. The van der Waals surface area contributed by atoms with Gasteiger partial charge in [0.2, 0.25) is 0 Å². The number of aliphatic hydroxyl groups excluding tert-OH is 1. The van der Waals surface area contributed by atoms with Gasteiger partial charge in [-0.1, -0.05) is 0 Å². The smallest absolute Gasteiger partial charge is 0.668 e. The van der Waals surface area contributed by atoms with E-state index in [1.165, 1.54) is 0 Å². The van der Waals surface area contributed by atoms with Crippen LogP contribution in [0.4, 0.5) is 0 Å². The van der Waals surface area contributed by atoms with Crippen molar-refractivity contribution in [3.05, 3.63) is 5.32 Å². The third kappa shape index (κ3) is 986. The molecule has 0 aliphatic rings. The van der Waals surface area contributed by atoms with Crippen LogP contribution in [0.15, 0.2) is 0 Å². The summed E-state index contributed by atoms with van der Waals surface area (Å²) < 4.78 is 0. The third-order valence-electron chi connectivity index (χ3n) is 0. The molecule has 0 rings (SSSR count). The molecule has 0 radical (unpaired) electrons. The molecule has 0 aromatic carbocycles. The Labute approximate surface area is 62.1 Å². The summed E-state index contributed by atoms with van der Waals surface area (Å²) in [6, 6.07) is 0. The van der Waals surface area contributed by atoms with Crippen molar-refractivity contribution in [3.63, 3.8) is 0 Å². The van der Waals surface area contributed by atoms with Gasteiger partial charge in [-0.2, -0.15) is 14.1 Å². The molecule has 0 saturated heterocycles. The van der Waals surface area contributed by atoms with Crippen molar-refractivity contribution in [2.75, 3.05) is 14.1 Å². The van der Waals surface area contributed by atoms with Gasteiger partial charge in [-0.3, -0.25) is 0 Å². The second-order valence-electron chi connectivity index (χ2n) is 1.54. The van der Waals surface area contributed by atoms with Crippen LogP contribution in [0.5, 0.6) is 0 Å². The van der Waals surface area contributed by atoms with Crippen LogP contribution in [0.1, 0.15) is 13.8 Å². The van der Waals surface area contributed by atoms with Crippen molar-refractivity contribution in [1.82, 2.24) is 0 Å². The molecular weight excluding hydrogens is 154 g/mol. The van der Waals surface area contributed by atoms with Crippen molar-refractivity contribution < 1.29 is 22.2 Å². The number of hydrogen-bond donors (Lipinski definition) is 1. The zero-order valence-electron chi connectivity index (χ0n) is 5.77. The summed E-state index contributed by atoms with van der Waals surface area (Å²) in [6.45, 7) is 3.44. The van der Waals surface area contributed by atoms with Crippen LogP contribution in [0.3, 0.4) is 0 Å². The Bertz CT molecular complexity index is 23.6. The first kappa shape index (κ1) is 15.8. The maximum absolute atomic E-state index is 8.06. The number of aliphatic hydroxyl groups is 1. The van der Waals surface area contributed by atoms with E-state index in [-0.39, 0.29) is 23.2 Å². The van der Waals surface area contributed by atoms with Gasteiger partial charge in [0.1, 0.15) is 0 Å². The topological polar surface area (TPSA) is 34.3 Å². The van der Waals surface area contributed by atoms with E-state index in [9.17, 15) is 0 Å². The van der Waals surface area contributed by atoms with E-state index in [1.807, 2.05) is 0 Å². The van der Waals surface area contributed by atoms with Crippen LogP contribution in [-0.2, 0) is 17.1 Å². The zero-order chi connectivity index (χ0) is 6.28. The van der Waals surface area contributed by atoms with Gasteiger partial charge in [-0.15, -0.1) is 0 Å². The van der Waals surface area contributed by atoms with Crippen LogP contribution in [0, 0.1) is 0 Å². The minimum Gasteiger partial charge on any atom is -0.668 e. The number of hydrogen-bond acceptors (Lipinski definition) is 1. The van der Waals surface area contributed by atoms with E-state index in [0.717, 1.165) is 0 Å². The van der Waals surface area contributed by atoms with Gasteiger partial charge in [-0.25, -0.2) is 0 Å². The average molecular weight is 168 g/mol. The monoisotopic (exact) mass is 167 g/mol. The number of nitrogens with zero attached hydrogens (tertiary/aromatic N) is 1. The molecule has 56 valence electrons. The van der Waals surface area contributed by atoms with E-state index >= 15 is 0 Å². The Morgan fingerprint density at radius 2 is 1.25 bits per heavy atom. The summed E-state index contributed by atoms with van der Waals surface area (Å²) in [5, 5.41) is 11.6. The van der Waals surface area contributed by atoms with Gasteiger partial charge in [0.15, 0.2) is 0 Å². The van der Waals surface area contributed by atoms with Crippen LogP contribution >= 0.6 is 0 Å². The Hall–Kier alpha value is 0.439. The Kier molecular flexibility index (Phi) is 30.9. The Balaban J connectivity index is -0.0000000575. The van der Waals surface area contributed by atoms with Gasteiger partial charge in [0, 0.05) is 6.10 Å². The molecule has 0 unspecified atom stereocenters. The fraction of sp³-hybridized carbons (Fsp3) is 1.00. The van der Waals surface area contributed by atoms with E-state index in [4.69, 9.17) is 5.11 Å². The van der Waals surface area contributed by atoms with Crippen molar-refractivity contribution in [2.24, 2.45) is 0 Å². The van der Waals surface area contributed by atoms with E-state index in [0.29, 0.717) is 0 Å². The molecular formula is C5H14CuNO. The molecule has 0 spiro atoms. The van der Waals surface area contributed by atoms with Gasteiger partial charge < -0.3 is 10.4 Å². The second-order valence-corrected chi connectivity index (χ2v) is 1.54. The molecule has 0 fully saturated rings. The maximum Gasteiger partial charge on any atom is 1.00 e. The molecule has 0 aliphatic heterocycles. The standard InChI is InChI=1S/C3H8O.C2H6N.Cu/c1-3(2)4;1-3-2;/h3-4H,1-2H3;1-2H3;/q;-1;+1. The van der Waals surface area contributed by atoms with Gasteiger partial charge >= 0.3 is 17.1 Å². The summed E-state index contributed by atoms with van der Waals surface area (Å²) in [7, 11) is 3.50. The Morgan fingerprint density at radius 3 is 1.25 bits per heavy atom. The van der Waals surface area contributed by atoms with Crippen LogP contribution in [-0.4, -0.2) is 25.3 Å². The summed E-state index contributed by atoms with van der Waals surface area (Å²) in [6.07, 6.45) is -0.167. The molecule has 0 atom stereocenters. The third-order valence-corrected chi connectivity index (χ3v) is 0. The van der Waals surface area contributed by atoms with Crippen LogP contribution in [0.25, 0.3) is 5.32 Å². The van der Waals surface area contributed by atoms with Gasteiger partial charge in [0.25, 0.3) is 0 Å². The summed E-state index contributed by atoms with van der Waals surface area (Å²) in [5.41, 5.74) is 0. The molecule has 3 heteroatoms. The van der Waals surface area contributed by atoms with Gasteiger partial charge in [0.05, 0.1) is 0 Å². The number of rotatable bonds is 0. The predicted octanol–water partition coefficient (Wildman–Crippen LogP) is 1.00. The van der Waals surface area contributed by atoms with E-state index in [2.05, 4.69) is 5.32 Å². The molecule has 2 nitrogen and oxygen atoms in total. The summed E-state index contributed by atoms with van der Waals surface area (Å²) in [5.74, 6) is 0. The molecule has 0 aromatic heterocycles. The normalized spacial score (nSPS) is 6.75. The summed E-state index contributed by atoms with van der Waals surface area (Å²) >= 11 is 0. The van der Waals surface area contributed by atoms with Crippen LogP contribution < -0.4 is 0 Å². The molecule has 0 aromatic rings. The fourth-order valence-corrected chi connectivity index (χ4v) is 0. The molecule has 0 amide bonds. The molecule has 0 aliphatic carbocycles. The molecule has 0 bridgehead atoms. The van der Waals surface area contributed by atoms with Gasteiger partial charge in [-0.05, 0) is 13.8 Å². The second kappa shape index (κ2) is 15.7. The average Bonchev–Trinajstić information content (AvgIpc) is 1.33. The molecule has 1 N–H and O–H groups in total. The van der Waals surface area contributed by atoms with E-state index < -0.39 is 0 Å². The van der Waals surface area contributed by atoms with Crippen LogP contribution in [0.2, 0.25) is 0 Å². The van der Waals surface area contributed by atoms with Crippen molar-refractivity contribution >= 4 is 0 Å². The zero-order valence-corrected chi connectivity index (χ0v) is 6.71. The predicted molar refractivity (Wildman–Crippen MR) is 32.6 cm³/mol.